The van der Waals surface area contributed by atoms with Gasteiger partial charge in [0.2, 0.25) is 11.9 Å². The van der Waals surface area contributed by atoms with Crippen molar-refractivity contribution >= 4 is 29.5 Å². The largest absolute Gasteiger partial charge is 0.353 e. The standard InChI is InChI=1S/C34H38N12O2/c1-43-22-27(21-39-43)25-7-8-29(36-19-25)46(33(48)38-18-24-5-3-2-4-6-24)28-10-14-45(15-11-28)42-32-37-20-26(17-35)31(40-32)44-16-13-34(23-44)12-9-30(47)41-34/h2-8,19-22,28H,9-16,18,23H2,1H3,(H,38,48)(H,41,47)(H,37,40,42). The first-order chi connectivity index (χ1) is 23.4. The molecule has 0 radical (unpaired) electrons. The molecule has 1 spiro atoms. The Labute approximate surface area is 278 Å². The fourth-order valence-electron chi connectivity index (χ4n) is 6.84. The highest BCUT2D eigenvalue weighted by molar-refractivity contribution is 5.91. The summed E-state index contributed by atoms with van der Waals surface area (Å²) in [6.07, 6.45) is 10.6. The lowest BCUT2D eigenvalue weighted by molar-refractivity contribution is -0.119. The van der Waals surface area contributed by atoms with Crippen molar-refractivity contribution in [3.05, 3.63) is 78.4 Å². The number of benzene rings is 1. The van der Waals surface area contributed by atoms with Crippen molar-refractivity contribution in [2.24, 2.45) is 7.05 Å². The molecule has 3 aromatic heterocycles. The minimum atomic E-state index is -0.253. The third-order valence-electron chi connectivity index (χ3n) is 9.40. The maximum absolute atomic E-state index is 13.7. The lowest BCUT2D eigenvalue weighted by Crippen LogP contribution is -2.52. The number of carbonyl (C=O) groups is 2. The zero-order valence-corrected chi connectivity index (χ0v) is 26.8. The molecule has 3 amide bonds. The van der Waals surface area contributed by atoms with E-state index in [2.05, 4.69) is 37.1 Å². The number of urea groups is 1. The van der Waals surface area contributed by atoms with Crippen LogP contribution in [-0.4, -0.2) is 79.4 Å². The van der Waals surface area contributed by atoms with Crippen LogP contribution in [0.3, 0.4) is 0 Å². The molecule has 3 saturated heterocycles. The van der Waals surface area contributed by atoms with Crippen LogP contribution in [0.25, 0.3) is 11.1 Å². The second-order valence-corrected chi connectivity index (χ2v) is 12.7. The number of amides is 3. The van der Waals surface area contributed by atoms with Crippen molar-refractivity contribution in [1.82, 2.24) is 40.4 Å². The van der Waals surface area contributed by atoms with Crippen LogP contribution in [-0.2, 0) is 18.4 Å². The van der Waals surface area contributed by atoms with Gasteiger partial charge >= 0.3 is 6.03 Å². The molecule has 4 aromatic rings. The molecule has 3 aliphatic rings. The average molecular weight is 647 g/mol. The summed E-state index contributed by atoms with van der Waals surface area (Å²) >= 11 is 0. The molecule has 3 N–H and O–H groups in total. The second kappa shape index (κ2) is 13.3. The van der Waals surface area contributed by atoms with Gasteiger partial charge < -0.3 is 15.5 Å². The minimum Gasteiger partial charge on any atom is -0.353 e. The number of nitriles is 1. The highest BCUT2D eigenvalue weighted by Crippen LogP contribution is 2.34. The summed E-state index contributed by atoms with van der Waals surface area (Å²) in [5.74, 6) is 1.64. The number of piperidine rings is 1. The first-order valence-corrected chi connectivity index (χ1v) is 16.3. The first-order valence-electron chi connectivity index (χ1n) is 16.3. The minimum absolute atomic E-state index is 0.0792. The van der Waals surface area contributed by atoms with Gasteiger partial charge in [0.15, 0.2) is 5.82 Å². The van der Waals surface area contributed by atoms with Crippen molar-refractivity contribution < 1.29 is 9.59 Å². The summed E-state index contributed by atoms with van der Waals surface area (Å²) in [6.45, 7) is 3.01. The number of hydrogen-bond acceptors (Lipinski definition) is 10. The molecule has 0 saturated carbocycles. The van der Waals surface area contributed by atoms with Gasteiger partial charge in [-0.25, -0.2) is 19.8 Å². The fourth-order valence-corrected chi connectivity index (χ4v) is 6.84. The van der Waals surface area contributed by atoms with Gasteiger partial charge in [-0.2, -0.15) is 15.3 Å². The summed E-state index contributed by atoms with van der Waals surface area (Å²) in [5.41, 5.74) is 6.38. The number of nitrogens with zero attached hydrogens (tertiary/aromatic N) is 9. The number of hydrazine groups is 1. The Hall–Kier alpha value is -5.55. The number of rotatable bonds is 8. The van der Waals surface area contributed by atoms with E-state index in [0.29, 0.717) is 75.1 Å². The van der Waals surface area contributed by atoms with Crippen LogP contribution in [0.4, 0.5) is 22.4 Å². The average Bonchev–Trinajstić information content (AvgIpc) is 3.85. The maximum atomic E-state index is 13.7. The van der Waals surface area contributed by atoms with Gasteiger partial charge in [-0.1, -0.05) is 30.3 Å². The predicted molar refractivity (Wildman–Crippen MR) is 179 cm³/mol. The monoisotopic (exact) mass is 646 g/mol. The van der Waals surface area contributed by atoms with Crippen LogP contribution in [0.1, 0.15) is 43.2 Å². The molecule has 1 aromatic carbocycles. The Balaban J connectivity index is 1.03. The third-order valence-corrected chi connectivity index (χ3v) is 9.40. The predicted octanol–water partition coefficient (Wildman–Crippen LogP) is 3.21. The maximum Gasteiger partial charge on any atom is 0.323 e. The molecule has 1 atom stereocenters. The van der Waals surface area contributed by atoms with Gasteiger partial charge in [-0.05, 0) is 43.4 Å². The second-order valence-electron chi connectivity index (χ2n) is 12.7. The molecule has 0 bridgehead atoms. The van der Waals surface area contributed by atoms with Crippen molar-refractivity contribution in [2.75, 3.05) is 41.4 Å². The van der Waals surface area contributed by atoms with E-state index < -0.39 is 0 Å². The van der Waals surface area contributed by atoms with Crippen molar-refractivity contribution in [1.29, 1.82) is 5.26 Å². The number of anilines is 3. The van der Waals surface area contributed by atoms with Crippen LogP contribution in [0.15, 0.2) is 67.3 Å². The number of carbonyl (C=O) groups excluding carboxylic acids is 2. The Morgan fingerprint density at radius 3 is 2.58 bits per heavy atom. The smallest absolute Gasteiger partial charge is 0.323 e. The molecular weight excluding hydrogens is 608 g/mol. The van der Waals surface area contributed by atoms with Gasteiger partial charge in [0.1, 0.15) is 17.5 Å². The van der Waals surface area contributed by atoms with Crippen LogP contribution in [0.2, 0.25) is 0 Å². The third kappa shape index (κ3) is 6.63. The normalized spacial score (nSPS) is 19.7. The SMILES string of the molecule is Cn1cc(-c2ccc(N(C(=O)NCc3ccccc3)C3CCN(Nc4ncc(C#N)c(N5CCC6(CCC(=O)N6)C5)n4)CC3)nc2)cn1. The van der Waals surface area contributed by atoms with Gasteiger partial charge in [0.05, 0.1) is 17.9 Å². The summed E-state index contributed by atoms with van der Waals surface area (Å²) in [7, 11) is 1.87. The van der Waals surface area contributed by atoms with Gasteiger partial charge in [0.25, 0.3) is 0 Å². The molecule has 3 fully saturated rings. The number of pyridine rings is 1. The lowest BCUT2D eigenvalue weighted by Gasteiger charge is -2.38. The van der Waals surface area contributed by atoms with Crippen LogP contribution in [0, 0.1) is 11.3 Å². The molecule has 7 rings (SSSR count). The van der Waals surface area contributed by atoms with E-state index in [1.807, 2.05) is 60.7 Å². The summed E-state index contributed by atoms with van der Waals surface area (Å²) in [4.78, 5) is 43.4. The Morgan fingerprint density at radius 2 is 1.90 bits per heavy atom. The Kier molecular flexibility index (Phi) is 8.60. The van der Waals surface area contributed by atoms with Crippen molar-refractivity contribution in [3.8, 4) is 17.2 Å². The fraction of sp³-hybridized carbons (Fsp3) is 0.382. The number of hydrogen-bond donors (Lipinski definition) is 3. The summed E-state index contributed by atoms with van der Waals surface area (Å²) in [5, 5.41) is 22.3. The van der Waals surface area contributed by atoms with Crippen LogP contribution in [0.5, 0.6) is 0 Å². The first kappa shape index (κ1) is 31.1. The molecule has 14 nitrogen and oxygen atoms in total. The van der Waals surface area contributed by atoms with E-state index in [1.165, 1.54) is 0 Å². The number of aromatic nitrogens is 5. The highest BCUT2D eigenvalue weighted by atomic mass is 16.2. The molecule has 14 heteroatoms. The van der Waals surface area contributed by atoms with E-state index in [1.54, 1.807) is 28.2 Å². The molecule has 246 valence electrons. The van der Waals surface area contributed by atoms with E-state index >= 15 is 0 Å². The number of nitrogens with one attached hydrogen (secondary N) is 3. The lowest BCUT2D eigenvalue weighted by atomic mass is 9.97. The summed E-state index contributed by atoms with van der Waals surface area (Å²) < 4.78 is 1.75. The summed E-state index contributed by atoms with van der Waals surface area (Å²) in [6, 6.07) is 15.6. The Bertz CT molecular complexity index is 1810. The van der Waals surface area contributed by atoms with E-state index in [0.717, 1.165) is 29.5 Å². The molecule has 0 aliphatic carbocycles. The van der Waals surface area contributed by atoms with Crippen molar-refractivity contribution in [2.45, 2.75) is 50.2 Å². The Morgan fingerprint density at radius 1 is 1.06 bits per heavy atom. The van der Waals surface area contributed by atoms with Gasteiger partial charge in [0, 0.05) is 75.8 Å². The van der Waals surface area contributed by atoms with Crippen molar-refractivity contribution in [3.63, 3.8) is 0 Å². The number of aryl methyl sites for hydroxylation is 1. The molecule has 48 heavy (non-hydrogen) atoms. The van der Waals surface area contributed by atoms with E-state index in [9.17, 15) is 14.9 Å². The van der Waals surface area contributed by atoms with Gasteiger partial charge in [-0.15, -0.1) is 0 Å². The topological polar surface area (TPSA) is 160 Å². The van der Waals surface area contributed by atoms with Crippen LogP contribution >= 0.6 is 0 Å². The van der Waals surface area contributed by atoms with Crippen LogP contribution < -0.4 is 25.9 Å². The zero-order valence-electron chi connectivity index (χ0n) is 26.8. The molecule has 3 aliphatic heterocycles. The molecule has 1 unspecified atom stereocenters. The molecule has 6 heterocycles. The zero-order chi connectivity index (χ0) is 33.1. The van der Waals surface area contributed by atoms with Gasteiger partial charge in [-0.3, -0.25) is 19.8 Å². The highest BCUT2D eigenvalue weighted by Gasteiger charge is 2.44. The molecular formula is C34H38N12O2. The van der Waals surface area contributed by atoms with E-state index in [4.69, 9.17) is 9.97 Å². The quantitative estimate of drug-likeness (QED) is 0.259. The van der Waals surface area contributed by atoms with E-state index in [-0.39, 0.29) is 23.5 Å².